The van der Waals surface area contributed by atoms with E-state index in [0.29, 0.717) is 0 Å². The zero-order valence-electron chi connectivity index (χ0n) is 14.6. The number of hydrogen-bond acceptors (Lipinski definition) is 4. The zero-order valence-corrected chi connectivity index (χ0v) is 14.6. The lowest BCUT2D eigenvalue weighted by atomic mass is 9.85. The van der Waals surface area contributed by atoms with Gasteiger partial charge < -0.3 is 16.0 Å². The molecule has 4 rings (SSSR count). The molecular weight excluding hydrogens is 308 g/mol. The summed E-state index contributed by atoms with van der Waals surface area (Å²) >= 11 is 0. The van der Waals surface area contributed by atoms with Crippen LogP contribution in [0.2, 0.25) is 0 Å². The molecule has 0 atom stereocenters. The lowest BCUT2D eigenvalue weighted by Crippen LogP contribution is -2.58. The highest BCUT2D eigenvalue weighted by molar-refractivity contribution is 6.00. The summed E-state index contributed by atoms with van der Waals surface area (Å²) in [5.74, 6) is 1.11. The van der Waals surface area contributed by atoms with E-state index in [-0.39, 0.29) is 5.54 Å². The highest BCUT2D eigenvalue weighted by atomic mass is 15.2. The molecule has 3 N–H and O–H groups in total. The number of amidine groups is 1. The maximum atomic E-state index is 4.98. The molecule has 2 aromatic rings. The van der Waals surface area contributed by atoms with Crippen LogP contribution in [0, 0.1) is 0 Å². The summed E-state index contributed by atoms with van der Waals surface area (Å²) in [4.78, 5) is 4.98. The van der Waals surface area contributed by atoms with Crippen molar-refractivity contribution in [3.05, 3.63) is 60.2 Å². The van der Waals surface area contributed by atoms with E-state index in [1.807, 2.05) is 0 Å². The third-order valence-electron chi connectivity index (χ3n) is 5.20. The summed E-state index contributed by atoms with van der Waals surface area (Å²) in [7, 11) is 0. The number of aliphatic imine (C=N–C) groups is 1. The number of nitrogens with zero attached hydrogens (tertiary/aromatic N) is 1. The lowest BCUT2D eigenvalue weighted by Gasteiger charge is -2.43. The Balaban J connectivity index is 1.46. The van der Waals surface area contributed by atoms with Gasteiger partial charge in [-0.3, -0.25) is 0 Å². The van der Waals surface area contributed by atoms with E-state index in [0.717, 1.165) is 62.5 Å². The SMILES string of the molecule is c1ccc(CCCNC2=Nc3ccccc3NC23CCNCC3)cc1. The maximum absolute atomic E-state index is 4.98. The predicted octanol–water partition coefficient (Wildman–Crippen LogP) is 3.49. The molecule has 0 saturated carbocycles. The predicted molar refractivity (Wildman–Crippen MR) is 105 cm³/mol. The zero-order chi connectivity index (χ0) is 17.0. The molecule has 130 valence electrons. The largest absolute Gasteiger partial charge is 0.372 e. The van der Waals surface area contributed by atoms with Crippen LogP contribution in [0.1, 0.15) is 24.8 Å². The Labute approximate surface area is 149 Å². The van der Waals surface area contributed by atoms with Gasteiger partial charge in [0.1, 0.15) is 5.84 Å². The van der Waals surface area contributed by atoms with E-state index >= 15 is 0 Å². The van der Waals surface area contributed by atoms with Crippen molar-refractivity contribution in [3.63, 3.8) is 0 Å². The maximum Gasteiger partial charge on any atom is 0.128 e. The molecule has 4 heteroatoms. The van der Waals surface area contributed by atoms with Gasteiger partial charge in [0.2, 0.25) is 0 Å². The number of piperidine rings is 1. The third kappa shape index (κ3) is 3.54. The minimum atomic E-state index is -0.0493. The number of rotatable bonds is 4. The molecule has 2 aromatic carbocycles. The monoisotopic (exact) mass is 334 g/mol. The lowest BCUT2D eigenvalue weighted by molar-refractivity contribution is 0.412. The van der Waals surface area contributed by atoms with Crippen molar-refractivity contribution in [1.29, 1.82) is 0 Å². The van der Waals surface area contributed by atoms with Gasteiger partial charge in [0.25, 0.3) is 0 Å². The number of hydrogen-bond donors (Lipinski definition) is 3. The van der Waals surface area contributed by atoms with Gasteiger partial charge in [-0.25, -0.2) is 4.99 Å². The first-order valence-corrected chi connectivity index (χ1v) is 9.31. The van der Waals surface area contributed by atoms with Crippen LogP contribution in [0.5, 0.6) is 0 Å². The first kappa shape index (κ1) is 16.2. The summed E-state index contributed by atoms with van der Waals surface area (Å²) in [5, 5.41) is 10.9. The fourth-order valence-corrected chi connectivity index (χ4v) is 3.79. The van der Waals surface area contributed by atoms with E-state index in [1.54, 1.807) is 0 Å². The van der Waals surface area contributed by atoms with Crippen LogP contribution in [0.4, 0.5) is 11.4 Å². The van der Waals surface area contributed by atoms with Crippen LogP contribution in [-0.4, -0.2) is 31.0 Å². The molecule has 0 aliphatic carbocycles. The summed E-state index contributed by atoms with van der Waals surface area (Å²) in [6.07, 6.45) is 4.33. The van der Waals surface area contributed by atoms with E-state index < -0.39 is 0 Å². The standard InChI is InChI=1S/C21H26N4/c1-2-7-17(8-3-1)9-6-14-23-20-21(12-15-22-16-13-21)25-19-11-5-4-10-18(19)24-20/h1-5,7-8,10-11,22,25H,6,9,12-16H2,(H,23,24). The molecule has 1 spiro atoms. The molecule has 1 saturated heterocycles. The second-order valence-corrected chi connectivity index (χ2v) is 6.95. The second-order valence-electron chi connectivity index (χ2n) is 6.95. The molecule has 1 fully saturated rings. The van der Waals surface area contributed by atoms with Gasteiger partial charge in [-0.05, 0) is 56.5 Å². The highest BCUT2D eigenvalue weighted by Gasteiger charge is 2.40. The van der Waals surface area contributed by atoms with Crippen LogP contribution < -0.4 is 16.0 Å². The molecule has 25 heavy (non-hydrogen) atoms. The molecule has 2 aliphatic rings. The smallest absolute Gasteiger partial charge is 0.128 e. The van der Waals surface area contributed by atoms with Crippen molar-refractivity contribution < 1.29 is 0 Å². The Kier molecular flexibility index (Phi) is 4.70. The van der Waals surface area contributed by atoms with Gasteiger partial charge >= 0.3 is 0 Å². The first-order valence-electron chi connectivity index (χ1n) is 9.31. The van der Waals surface area contributed by atoms with Crippen molar-refractivity contribution in [1.82, 2.24) is 10.6 Å². The fraction of sp³-hybridized carbons (Fsp3) is 0.381. The Hall–Kier alpha value is -2.33. The summed E-state index contributed by atoms with van der Waals surface area (Å²) < 4.78 is 0. The first-order chi connectivity index (χ1) is 12.4. The van der Waals surface area contributed by atoms with Crippen molar-refractivity contribution in [2.75, 3.05) is 25.0 Å². The summed E-state index contributed by atoms with van der Waals surface area (Å²) in [6.45, 7) is 3.01. The van der Waals surface area contributed by atoms with Crippen LogP contribution in [0.25, 0.3) is 0 Å². The van der Waals surface area contributed by atoms with E-state index in [2.05, 4.69) is 70.5 Å². The molecule has 0 bridgehead atoms. The Morgan fingerprint density at radius 1 is 0.960 bits per heavy atom. The summed E-state index contributed by atoms with van der Waals surface area (Å²) in [5.41, 5.74) is 3.54. The van der Waals surface area contributed by atoms with Crippen molar-refractivity contribution in [3.8, 4) is 0 Å². The molecule has 4 nitrogen and oxygen atoms in total. The van der Waals surface area contributed by atoms with Gasteiger partial charge in [-0.2, -0.15) is 0 Å². The average molecular weight is 334 g/mol. The van der Waals surface area contributed by atoms with Gasteiger partial charge in [0.05, 0.1) is 16.9 Å². The fourth-order valence-electron chi connectivity index (χ4n) is 3.79. The molecule has 2 heterocycles. The molecule has 2 aliphatic heterocycles. The van der Waals surface area contributed by atoms with Gasteiger partial charge in [-0.1, -0.05) is 42.5 Å². The Morgan fingerprint density at radius 3 is 2.56 bits per heavy atom. The average Bonchev–Trinajstić information content (AvgIpc) is 2.67. The van der Waals surface area contributed by atoms with E-state index in [4.69, 9.17) is 4.99 Å². The second kappa shape index (κ2) is 7.28. The minimum absolute atomic E-state index is 0.0493. The number of fused-ring (bicyclic) bond motifs is 1. The highest BCUT2D eigenvalue weighted by Crippen LogP contribution is 2.36. The van der Waals surface area contributed by atoms with Crippen LogP contribution >= 0.6 is 0 Å². The topological polar surface area (TPSA) is 48.5 Å². The number of nitrogens with one attached hydrogen (secondary N) is 3. The number of benzene rings is 2. The van der Waals surface area contributed by atoms with E-state index in [1.165, 1.54) is 5.56 Å². The molecule has 0 aromatic heterocycles. The minimum Gasteiger partial charge on any atom is -0.372 e. The van der Waals surface area contributed by atoms with Crippen molar-refractivity contribution in [2.24, 2.45) is 4.99 Å². The van der Waals surface area contributed by atoms with Gasteiger partial charge in [-0.15, -0.1) is 0 Å². The van der Waals surface area contributed by atoms with Crippen molar-refractivity contribution in [2.45, 2.75) is 31.2 Å². The number of anilines is 1. The van der Waals surface area contributed by atoms with Crippen molar-refractivity contribution >= 4 is 17.2 Å². The van der Waals surface area contributed by atoms with Crippen LogP contribution in [0.15, 0.2) is 59.6 Å². The molecule has 0 unspecified atom stereocenters. The van der Waals surface area contributed by atoms with E-state index in [9.17, 15) is 0 Å². The quantitative estimate of drug-likeness (QED) is 0.750. The molecular formula is C21H26N4. The normalized spacial score (nSPS) is 18.2. The molecule has 0 amide bonds. The number of para-hydroxylation sites is 2. The Morgan fingerprint density at radius 2 is 1.72 bits per heavy atom. The van der Waals surface area contributed by atoms with Gasteiger partial charge in [0, 0.05) is 6.54 Å². The molecule has 0 radical (unpaired) electrons. The van der Waals surface area contributed by atoms with Crippen LogP contribution in [0.3, 0.4) is 0 Å². The summed E-state index contributed by atoms with van der Waals surface area (Å²) in [6, 6.07) is 19.0. The number of aryl methyl sites for hydroxylation is 1. The van der Waals surface area contributed by atoms with Gasteiger partial charge in [0.15, 0.2) is 0 Å². The third-order valence-corrected chi connectivity index (χ3v) is 5.20. The van der Waals surface area contributed by atoms with Crippen LogP contribution in [-0.2, 0) is 6.42 Å². The Bertz CT molecular complexity index is 733.